The minimum Gasteiger partial charge on any atom is -0.497 e. The number of halogens is 2. The van der Waals surface area contributed by atoms with Crippen molar-refractivity contribution in [1.29, 1.82) is 0 Å². The van der Waals surface area contributed by atoms with Gasteiger partial charge in [0, 0.05) is 16.7 Å². The maximum absolute atomic E-state index is 14.5. The Hall–Kier alpha value is -2.77. The Kier molecular flexibility index (Phi) is 6.30. The number of hydrogen-bond donors (Lipinski definition) is 0. The Labute approximate surface area is 174 Å². The van der Waals surface area contributed by atoms with Crippen molar-refractivity contribution in [2.24, 2.45) is 0 Å². The van der Waals surface area contributed by atoms with Gasteiger partial charge < -0.3 is 9.47 Å². The van der Waals surface area contributed by atoms with E-state index in [1.165, 1.54) is 44.6 Å². The fourth-order valence-electron chi connectivity index (χ4n) is 2.84. The third kappa shape index (κ3) is 4.31. The standard InChI is InChI=1S/C21H19ClFNO4S/c1-27-15-11-12-20(21(13-15)28-2)24(14-17-18(22)9-6-10-19(17)23)29(25,26)16-7-4-3-5-8-16/h3-13H,14H2,1-2H3. The number of ether oxygens (including phenoxy) is 2. The highest BCUT2D eigenvalue weighted by Crippen LogP contribution is 2.37. The van der Waals surface area contributed by atoms with Gasteiger partial charge in [0.05, 0.1) is 31.3 Å². The van der Waals surface area contributed by atoms with E-state index < -0.39 is 15.8 Å². The van der Waals surface area contributed by atoms with Crippen molar-refractivity contribution < 1.29 is 22.3 Å². The maximum Gasteiger partial charge on any atom is 0.264 e. The molecule has 0 unspecified atom stereocenters. The van der Waals surface area contributed by atoms with Crippen molar-refractivity contribution in [1.82, 2.24) is 0 Å². The highest BCUT2D eigenvalue weighted by molar-refractivity contribution is 7.92. The molecular weight excluding hydrogens is 417 g/mol. The predicted molar refractivity (Wildman–Crippen MR) is 111 cm³/mol. The number of nitrogens with zero attached hydrogens (tertiary/aromatic N) is 1. The summed E-state index contributed by atoms with van der Waals surface area (Å²) in [5.41, 5.74) is 0.294. The molecule has 0 bridgehead atoms. The van der Waals surface area contributed by atoms with Crippen LogP contribution in [0, 0.1) is 5.82 Å². The third-order valence-electron chi connectivity index (χ3n) is 4.35. The summed E-state index contributed by atoms with van der Waals surface area (Å²) in [6.45, 7) is -0.314. The van der Waals surface area contributed by atoms with Crippen molar-refractivity contribution in [3.05, 3.63) is 83.1 Å². The first-order valence-electron chi connectivity index (χ1n) is 8.61. The number of anilines is 1. The summed E-state index contributed by atoms with van der Waals surface area (Å²) in [6.07, 6.45) is 0. The Morgan fingerprint density at radius 1 is 0.966 bits per heavy atom. The Balaban J connectivity index is 2.20. The summed E-state index contributed by atoms with van der Waals surface area (Å²) in [5, 5.41) is 0.130. The molecule has 0 aliphatic carbocycles. The number of benzene rings is 3. The van der Waals surface area contributed by atoms with Gasteiger partial charge in [0.15, 0.2) is 0 Å². The van der Waals surface area contributed by atoms with Gasteiger partial charge in [0.2, 0.25) is 0 Å². The molecule has 0 saturated heterocycles. The fourth-order valence-corrected chi connectivity index (χ4v) is 4.52. The van der Waals surface area contributed by atoms with Gasteiger partial charge in [-0.15, -0.1) is 0 Å². The number of hydrogen-bond acceptors (Lipinski definition) is 4. The van der Waals surface area contributed by atoms with Crippen LogP contribution >= 0.6 is 11.6 Å². The predicted octanol–water partition coefficient (Wildman–Crippen LogP) is 4.89. The van der Waals surface area contributed by atoms with Gasteiger partial charge in [-0.2, -0.15) is 0 Å². The van der Waals surface area contributed by atoms with Crippen molar-refractivity contribution in [2.45, 2.75) is 11.4 Å². The summed E-state index contributed by atoms with van der Waals surface area (Å²) in [5.74, 6) is 0.154. The van der Waals surface area contributed by atoms with E-state index in [2.05, 4.69) is 0 Å². The number of sulfonamides is 1. The van der Waals surface area contributed by atoms with E-state index in [9.17, 15) is 12.8 Å². The molecule has 0 atom stereocenters. The van der Waals surface area contributed by atoms with Crippen molar-refractivity contribution in [3.8, 4) is 11.5 Å². The molecule has 0 saturated carbocycles. The van der Waals surface area contributed by atoms with Gasteiger partial charge in [-0.3, -0.25) is 4.31 Å². The summed E-state index contributed by atoms with van der Waals surface area (Å²) in [7, 11) is -1.14. The molecule has 0 amide bonds. The Bertz CT molecular complexity index is 1090. The van der Waals surface area contributed by atoms with Gasteiger partial charge in [-0.25, -0.2) is 12.8 Å². The average Bonchev–Trinajstić information content (AvgIpc) is 2.73. The molecule has 8 heteroatoms. The van der Waals surface area contributed by atoms with Crippen molar-refractivity contribution in [2.75, 3.05) is 18.5 Å². The summed E-state index contributed by atoms with van der Waals surface area (Å²) >= 11 is 6.17. The first-order valence-corrected chi connectivity index (χ1v) is 10.4. The van der Waals surface area contributed by atoms with Crippen LogP contribution in [0.2, 0.25) is 5.02 Å². The molecular formula is C21H19ClFNO4S. The van der Waals surface area contributed by atoms with E-state index >= 15 is 0 Å². The Morgan fingerprint density at radius 3 is 2.31 bits per heavy atom. The normalized spacial score (nSPS) is 11.2. The van der Waals surface area contributed by atoms with Crippen LogP contribution in [0.1, 0.15) is 5.56 Å². The molecule has 0 spiro atoms. The van der Waals surface area contributed by atoms with Gasteiger partial charge >= 0.3 is 0 Å². The van der Waals surface area contributed by atoms with E-state index in [0.717, 1.165) is 4.31 Å². The monoisotopic (exact) mass is 435 g/mol. The second-order valence-corrected chi connectivity index (χ2v) is 8.33. The van der Waals surface area contributed by atoms with Crippen LogP contribution in [0.5, 0.6) is 11.5 Å². The van der Waals surface area contributed by atoms with Crippen LogP contribution < -0.4 is 13.8 Å². The molecule has 0 aliphatic rings. The van der Waals surface area contributed by atoms with Crippen LogP contribution in [-0.4, -0.2) is 22.6 Å². The quantitative estimate of drug-likeness (QED) is 0.530. The molecule has 0 heterocycles. The van der Waals surface area contributed by atoms with E-state index in [4.69, 9.17) is 21.1 Å². The number of rotatable bonds is 7. The fraction of sp³-hybridized carbons (Fsp3) is 0.143. The SMILES string of the molecule is COc1ccc(N(Cc2c(F)cccc2Cl)S(=O)(=O)c2ccccc2)c(OC)c1. The van der Waals surface area contributed by atoms with E-state index in [0.29, 0.717) is 5.75 Å². The lowest BCUT2D eigenvalue weighted by atomic mass is 10.2. The van der Waals surface area contributed by atoms with Gasteiger partial charge in [0.1, 0.15) is 17.3 Å². The first kappa shape index (κ1) is 21.0. The molecule has 0 aromatic heterocycles. The molecule has 3 rings (SSSR count). The second kappa shape index (κ2) is 8.71. The van der Waals surface area contributed by atoms with Crippen LogP contribution in [-0.2, 0) is 16.6 Å². The van der Waals surface area contributed by atoms with Crippen molar-refractivity contribution >= 4 is 27.3 Å². The molecule has 0 fully saturated rings. The van der Waals surface area contributed by atoms with Gasteiger partial charge in [0.25, 0.3) is 10.0 Å². The number of methoxy groups -OCH3 is 2. The van der Waals surface area contributed by atoms with Crippen molar-refractivity contribution in [3.63, 3.8) is 0 Å². The summed E-state index contributed by atoms with van der Waals surface area (Å²) in [4.78, 5) is 0.0605. The van der Waals surface area contributed by atoms with Crippen LogP contribution in [0.4, 0.5) is 10.1 Å². The molecule has 0 radical (unpaired) electrons. The third-order valence-corrected chi connectivity index (χ3v) is 6.48. The topological polar surface area (TPSA) is 55.8 Å². The first-order chi connectivity index (χ1) is 13.9. The zero-order valence-electron chi connectivity index (χ0n) is 15.8. The molecule has 3 aromatic carbocycles. The molecule has 5 nitrogen and oxygen atoms in total. The van der Waals surface area contributed by atoms with Crippen LogP contribution in [0.25, 0.3) is 0 Å². The summed E-state index contributed by atoms with van der Waals surface area (Å²) < 4.78 is 53.0. The maximum atomic E-state index is 14.5. The highest BCUT2D eigenvalue weighted by Gasteiger charge is 2.29. The van der Waals surface area contributed by atoms with E-state index in [1.54, 1.807) is 36.4 Å². The van der Waals surface area contributed by atoms with E-state index in [-0.39, 0.29) is 33.5 Å². The van der Waals surface area contributed by atoms with Crippen LogP contribution in [0.15, 0.2) is 71.6 Å². The molecule has 29 heavy (non-hydrogen) atoms. The lowest BCUT2D eigenvalue weighted by Crippen LogP contribution is -2.31. The van der Waals surface area contributed by atoms with Gasteiger partial charge in [-0.05, 0) is 36.4 Å². The minimum atomic E-state index is -4.05. The smallest absolute Gasteiger partial charge is 0.264 e. The van der Waals surface area contributed by atoms with Gasteiger partial charge in [-0.1, -0.05) is 35.9 Å². The second-order valence-electron chi connectivity index (χ2n) is 6.06. The van der Waals surface area contributed by atoms with Crippen LogP contribution in [0.3, 0.4) is 0 Å². The molecule has 0 aliphatic heterocycles. The minimum absolute atomic E-state index is 0.0605. The zero-order chi connectivity index (χ0) is 21.0. The highest BCUT2D eigenvalue weighted by atomic mass is 35.5. The Morgan fingerprint density at radius 2 is 1.69 bits per heavy atom. The average molecular weight is 436 g/mol. The van der Waals surface area contributed by atoms with E-state index in [1.807, 2.05) is 0 Å². The largest absolute Gasteiger partial charge is 0.497 e. The molecule has 152 valence electrons. The molecule has 3 aromatic rings. The molecule has 0 N–H and O–H groups in total. The lowest BCUT2D eigenvalue weighted by Gasteiger charge is -2.27. The lowest BCUT2D eigenvalue weighted by molar-refractivity contribution is 0.394. The zero-order valence-corrected chi connectivity index (χ0v) is 17.4. The summed E-state index contributed by atoms with van der Waals surface area (Å²) in [6, 6.07) is 16.8.